The fraction of sp³-hybridized carbons (Fsp3) is 0.250. The monoisotopic (exact) mass is 288 g/mol. The number of nitrogens with zero attached hydrogens (tertiary/aromatic N) is 2. The van der Waals surface area contributed by atoms with Gasteiger partial charge in [0.15, 0.2) is 0 Å². The fourth-order valence-electron chi connectivity index (χ4n) is 1.92. The number of aromatic nitrogens is 1. The van der Waals surface area contributed by atoms with Crippen molar-refractivity contribution in [3.8, 4) is 0 Å². The third-order valence-corrected chi connectivity index (χ3v) is 3.02. The number of ether oxygens (including phenoxy) is 1. The van der Waals surface area contributed by atoms with Gasteiger partial charge in [0.25, 0.3) is 5.91 Å². The molecule has 0 bridgehead atoms. The minimum atomic E-state index is -0.361. The second kappa shape index (κ2) is 7.50. The smallest absolute Gasteiger partial charge is 0.254 e. The van der Waals surface area contributed by atoms with Gasteiger partial charge in [-0.15, -0.1) is 0 Å². The first-order valence-electron chi connectivity index (χ1n) is 6.64. The van der Waals surface area contributed by atoms with Crippen LogP contribution in [0.1, 0.15) is 16.1 Å². The van der Waals surface area contributed by atoms with E-state index in [1.165, 1.54) is 24.3 Å². The number of rotatable bonds is 6. The average Bonchev–Trinajstić information content (AvgIpc) is 2.52. The Morgan fingerprint density at radius 3 is 2.62 bits per heavy atom. The highest BCUT2D eigenvalue weighted by Gasteiger charge is 2.16. The Hall–Kier alpha value is -2.27. The molecule has 1 amide bonds. The van der Waals surface area contributed by atoms with Crippen LogP contribution in [-0.2, 0) is 11.3 Å². The lowest BCUT2D eigenvalue weighted by atomic mass is 10.2. The Morgan fingerprint density at radius 1 is 1.24 bits per heavy atom. The summed E-state index contributed by atoms with van der Waals surface area (Å²) in [6.45, 7) is 1.27. The van der Waals surface area contributed by atoms with Gasteiger partial charge >= 0.3 is 0 Å². The van der Waals surface area contributed by atoms with Crippen molar-refractivity contribution in [2.75, 3.05) is 20.3 Å². The number of carbonyl (C=O) groups is 1. The lowest BCUT2D eigenvalue weighted by Gasteiger charge is -2.22. The second-order valence-electron chi connectivity index (χ2n) is 4.55. The maximum atomic E-state index is 12.9. The molecule has 2 aromatic rings. The lowest BCUT2D eigenvalue weighted by molar-refractivity contribution is 0.0678. The van der Waals surface area contributed by atoms with Gasteiger partial charge in [-0.25, -0.2) is 4.39 Å². The Bertz CT molecular complexity index is 573. The average molecular weight is 288 g/mol. The van der Waals surface area contributed by atoms with Crippen LogP contribution >= 0.6 is 0 Å². The molecular formula is C16H17FN2O2. The molecule has 1 heterocycles. The number of benzene rings is 1. The van der Waals surface area contributed by atoms with Crippen molar-refractivity contribution in [2.24, 2.45) is 0 Å². The van der Waals surface area contributed by atoms with E-state index < -0.39 is 0 Å². The third kappa shape index (κ3) is 4.36. The summed E-state index contributed by atoms with van der Waals surface area (Å²) in [6.07, 6.45) is 1.69. The first-order valence-corrected chi connectivity index (χ1v) is 6.64. The van der Waals surface area contributed by atoms with Crippen molar-refractivity contribution in [3.63, 3.8) is 0 Å². The number of hydrogen-bond donors (Lipinski definition) is 0. The van der Waals surface area contributed by atoms with E-state index in [1.54, 1.807) is 18.2 Å². The van der Waals surface area contributed by atoms with Gasteiger partial charge in [-0.1, -0.05) is 6.07 Å². The van der Waals surface area contributed by atoms with Crippen LogP contribution in [0.5, 0.6) is 0 Å². The molecule has 0 N–H and O–H groups in total. The van der Waals surface area contributed by atoms with Gasteiger partial charge in [-0.2, -0.15) is 0 Å². The van der Waals surface area contributed by atoms with E-state index in [9.17, 15) is 9.18 Å². The summed E-state index contributed by atoms with van der Waals surface area (Å²) in [7, 11) is 1.58. The maximum absolute atomic E-state index is 12.9. The highest BCUT2D eigenvalue weighted by Crippen LogP contribution is 2.10. The Balaban J connectivity index is 2.14. The molecule has 4 nitrogen and oxygen atoms in total. The number of amides is 1. The van der Waals surface area contributed by atoms with E-state index in [1.807, 2.05) is 18.2 Å². The van der Waals surface area contributed by atoms with Crippen LogP contribution < -0.4 is 0 Å². The minimum absolute atomic E-state index is 0.169. The quantitative estimate of drug-likeness (QED) is 0.820. The molecule has 5 heteroatoms. The zero-order chi connectivity index (χ0) is 15.1. The molecule has 0 unspecified atom stereocenters. The Labute approximate surface area is 123 Å². The fourth-order valence-corrected chi connectivity index (χ4v) is 1.92. The van der Waals surface area contributed by atoms with Crippen LogP contribution in [-0.4, -0.2) is 36.1 Å². The number of hydrogen-bond acceptors (Lipinski definition) is 3. The molecule has 110 valence electrons. The van der Waals surface area contributed by atoms with Crippen LogP contribution in [0.15, 0.2) is 48.7 Å². The number of methoxy groups -OCH3 is 1. The molecule has 0 aliphatic carbocycles. The van der Waals surface area contributed by atoms with Crippen molar-refractivity contribution in [2.45, 2.75) is 6.54 Å². The molecule has 0 radical (unpaired) electrons. The van der Waals surface area contributed by atoms with Gasteiger partial charge in [-0.3, -0.25) is 9.78 Å². The molecule has 0 aliphatic rings. The molecule has 0 saturated carbocycles. The third-order valence-electron chi connectivity index (χ3n) is 3.02. The van der Waals surface area contributed by atoms with Crippen molar-refractivity contribution >= 4 is 5.91 Å². The van der Waals surface area contributed by atoms with Gasteiger partial charge in [0.05, 0.1) is 18.8 Å². The summed E-state index contributed by atoms with van der Waals surface area (Å²) in [5.74, 6) is -0.530. The normalized spacial score (nSPS) is 10.4. The van der Waals surface area contributed by atoms with E-state index in [0.29, 0.717) is 25.3 Å². The SMILES string of the molecule is COCCN(Cc1ccccn1)C(=O)c1ccc(F)cc1. The molecule has 0 aliphatic heterocycles. The highest BCUT2D eigenvalue weighted by atomic mass is 19.1. The zero-order valence-electron chi connectivity index (χ0n) is 11.8. The summed E-state index contributed by atoms with van der Waals surface area (Å²) in [5.41, 5.74) is 1.24. The summed E-state index contributed by atoms with van der Waals surface area (Å²) in [4.78, 5) is 18.3. The Morgan fingerprint density at radius 2 is 2.00 bits per heavy atom. The van der Waals surface area contributed by atoms with E-state index in [4.69, 9.17) is 4.74 Å². The van der Waals surface area contributed by atoms with E-state index >= 15 is 0 Å². The lowest BCUT2D eigenvalue weighted by Crippen LogP contribution is -2.33. The van der Waals surface area contributed by atoms with Crippen LogP contribution in [0.4, 0.5) is 4.39 Å². The van der Waals surface area contributed by atoms with Crippen LogP contribution in [0.2, 0.25) is 0 Å². The van der Waals surface area contributed by atoms with Crippen molar-refractivity contribution < 1.29 is 13.9 Å². The van der Waals surface area contributed by atoms with Crippen LogP contribution in [0.3, 0.4) is 0 Å². The molecule has 1 aromatic carbocycles. The summed E-state index contributed by atoms with van der Waals surface area (Å²) < 4.78 is 18.0. The Kier molecular flexibility index (Phi) is 5.40. The molecule has 0 saturated heterocycles. The van der Waals surface area contributed by atoms with Gasteiger partial charge in [0.2, 0.25) is 0 Å². The van der Waals surface area contributed by atoms with Crippen molar-refractivity contribution in [3.05, 3.63) is 65.7 Å². The van der Waals surface area contributed by atoms with Gasteiger partial charge in [-0.05, 0) is 36.4 Å². The summed E-state index contributed by atoms with van der Waals surface area (Å²) >= 11 is 0. The molecule has 2 rings (SSSR count). The highest BCUT2D eigenvalue weighted by molar-refractivity contribution is 5.94. The van der Waals surface area contributed by atoms with Gasteiger partial charge < -0.3 is 9.64 Å². The van der Waals surface area contributed by atoms with Gasteiger partial charge in [0.1, 0.15) is 5.82 Å². The summed E-state index contributed by atoms with van der Waals surface area (Å²) in [6, 6.07) is 11.1. The van der Waals surface area contributed by atoms with E-state index in [-0.39, 0.29) is 11.7 Å². The number of halogens is 1. The topological polar surface area (TPSA) is 42.4 Å². The van der Waals surface area contributed by atoms with Crippen LogP contribution in [0.25, 0.3) is 0 Å². The predicted octanol–water partition coefficient (Wildman–Crippen LogP) is 2.51. The molecule has 0 spiro atoms. The van der Waals surface area contributed by atoms with Crippen molar-refractivity contribution in [1.29, 1.82) is 0 Å². The number of pyridine rings is 1. The maximum Gasteiger partial charge on any atom is 0.254 e. The molecule has 21 heavy (non-hydrogen) atoms. The first kappa shape index (κ1) is 15.1. The van der Waals surface area contributed by atoms with Crippen molar-refractivity contribution in [1.82, 2.24) is 9.88 Å². The molecular weight excluding hydrogens is 271 g/mol. The second-order valence-corrected chi connectivity index (χ2v) is 4.55. The van der Waals surface area contributed by atoms with Gasteiger partial charge in [0, 0.05) is 25.4 Å². The van der Waals surface area contributed by atoms with E-state index in [0.717, 1.165) is 5.69 Å². The molecule has 0 atom stereocenters. The van der Waals surface area contributed by atoms with Crippen LogP contribution in [0, 0.1) is 5.82 Å². The predicted molar refractivity (Wildman–Crippen MR) is 77.3 cm³/mol. The summed E-state index contributed by atoms with van der Waals surface area (Å²) in [5, 5.41) is 0. The standard InChI is InChI=1S/C16H17FN2O2/c1-21-11-10-19(12-15-4-2-3-9-18-15)16(20)13-5-7-14(17)8-6-13/h2-9H,10-12H2,1H3. The minimum Gasteiger partial charge on any atom is -0.383 e. The zero-order valence-corrected chi connectivity index (χ0v) is 11.8. The van der Waals surface area contributed by atoms with E-state index in [2.05, 4.69) is 4.98 Å². The molecule has 0 fully saturated rings. The largest absolute Gasteiger partial charge is 0.383 e. The first-order chi connectivity index (χ1) is 10.2. The number of carbonyl (C=O) groups excluding carboxylic acids is 1. The molecule has 1 aromatic heterocycles.